The van der Waals surface area contributed by atoms with Gasteiger partial charge in [0, 0.05) is 50.6 Å². The fraction of sp³-hybridized carbons (Fsp3) is 0.556. The van der Waals surface area contributed by atoms with E-state index in [-0.39, 0.29) is 18.4 Å². The van der Waals surface area contributed by atoms with Crippen molar-refractivity contribution in [1.82, 2.24) is 24.6 Å². The smallest absolute Gasteiger partial charge is 0.248 e. The monoisotopic (exact) mass is 343 g/mol. The van der Waals surface area contributed by atoms with Gasteiger partial charge >= 0.3 is 0 Å². The number of aryl methyl sites for hydroxylation is 2. The van der Waals surface area contributed by atoms with Gasteiger partial charge in [-0.25, -0.2) is 0 Å². The van der Waals surface area contributed by atoms with Gasteiger partial charge in [-0.2, -0.15) is 5.10 Å². The number of hydrogen-bond acceptors (Lipinski definition) is 5. The van der Waals surface area contributed by atoms with Crippen LogP contribution in [-0.4, -0.2) is 57.4 Å². The first-order valence-corrected chi connectivity index (χ1v) is 8.60. The van der Waals surface area contributed by atoms with Gasteiger partial charge in [0.15, 0.2) is 0 Å². The number of carbonyl (C=O) groups excluding carboxylic acids is 1. The molecular weight excluding hydrogens is 318 g/mol. The van der Waals surface area contributed by atoms with Crippen LogP contribution >= 0.6 is 0 Å². The summed E-state index contributed by atoms with van der Waals surface area (Å²) in [5.74, 6) is 0.269. The number of aromatic nitrogens is 4. The lowest BCUT2D eigenvalue weighted by Gasteiger charge is -2.32. The molecule has 0 aliphatic carbocycles. The normalized spacial score (nSPS) is 17.8. The van der Waals surface area contributed by atoms with Crippen LogP contribution < -0.4 is 0 Å². The number of likely N-dealkylation sites (tertiary alicyclic amines) is 1. The minimum atomic E-state index is 0.0402. The lowest BCUT2D eigenvalue weighted by molar-refractivity contribution is -0.136. The molecule has 1 fully saturated rings. The third-order valence-corrected chi connectivity index (χ3v) is 4.90. The lowest BCUT2D eigenvalue weighted by Crippen LogP contribution is -2.41. The van der Waals surface area contributed by atoms with Crippen LogP contribution in [-0.2, 0) is 16.6 Å². The van der Waals surface area contributed by atoms with E-state index in [1.165, 1.54) is 0 Å². The zero-order chi connectivity index (χ0) is 18.0. The Hall–Kier alpha value is -2.28. The summed E-state index contributed by atoms with van der Waals surface area (Å²) in [4.78, 5) is 23.2. The number of piperidine rings is 1. The highest BCUT2D eigenvalue weighted by Gasteiger charge is 2.26. The molecule has 7 nitrogen and oxygen atoms in total. The average Bonchev–Trinajstić information content (AvgIpc) is 2.87. The van der Waals surface area contributed by atoms with Gasteiger partial charge in [0.1, 0.15) is 6.61 Å². The molecular formula is C18H25N5O2. The highest BCUT2D eigenvalue weighted by molar-refractivity contribution is 5.77. The molecule has 0 spiro atoms. The number of hydrogen-bond donors (Lipinski definition) is 0. The summed E-state index contributed by atoms with van der Waals surface area (Å²) in [5, 5.41) is 4.44. The largest absolute Gasteiger partial charge is 0.375 e. The Bertz CT molecular complexity index is 754. The van der Waals surface area contributed by atoms with Crippen LogP contribution in [0.4, 0.5) is 0 Å². The van der Waals surface area contributed by atoms with Crippen molar-refractivity contribution in [2.24, 2.45) is 7.05 Å². The van der Waals surface area contributed by atoms with Crippen molar-refractivity contribution in [2.45, 2.75) is 32.6 Å². The van der Waals surface area contributed by atoms with E-state index in [4.69, 9.17) is 4.74 Å². The maximum absolute atomic E-state index is 12.0. The summed E-state index contributed by atoms with van der Waals surface area (Å²) in [7, 11) is 3.48. The number of rotatable bonds is 4. The maximum Gasteiger partial charge on any atom is 0.248 e. The second-order valence-corrected chi connectivity index (χ2v) is 6.61. The fourth-order valence-electron chi connectivity index (χ4n) is 3.48. The van der Waals surface area contributed by atoms with Crippen LogP contribution in [0.15, 0.2) is 12.4 Å². The molecule has 134 valence electrons. The minimum absolute atomic E-state index is 0.0402. The van der Waals surface area contributed by atoms with E-state index in [0.717, 1.165) is 47.7 Å². The summed E-state index contributed by atoms with van der Waals surface area (Å²) >= 11 is 0. The minimum Gasteiger partial charge on any atom is -0.375 e. The molecule has 3 rings (SSSR count). The molecule has 1 saturated heterocycles. The summed E-state index contributed by atoms with van der Waals surface area (Å²) < 4.78 is 6.82. The van der Waals surface area contributed by atoms with Crippen molar-refractivity contribution in [1.29, 1.82) is 0 Å². The Labute approximate surface area is 148 Å². The highest BCUT2D eigenvalue weighted by atomic mass is 16.5. The Morgan fingerprint density at radius 1 is 1.32 bits per heavy atom. The number of methoxy groups -OCH3 is 1. The van der Waals surface area contributed by atoms with Gasteiger partial charge in [-0.1, -0.05) is 0 Å². The Balaban J connectivity index is 1.77. The second-order valence-electron chi connectivity index (χ2n) is 6.61. The number of carbonyl (C=O) groups is 1. The number of amides is 1. The predicted octanol–water partition coefficient (Wildman–Crippen LogP) is 1.85. The van der Waals surface area contributed by atoms with Crippen LogP contribution in [0.25, 0.3) is 11.3 Å². The van der Waals surface area contributed by atoms with Crippen molar-refractivity contribution >= 4 is 5.91 Å². The molecule has 0 N–H and O–H groups in total. The molecule has 1 aliphatic rings. The molecule has 3 heterocycles. The van der Waals surface area contributed by atoms with E-state index in [9.17, 15) is 4.79 Å². The molecule has 0 radical (unpaired) electrons. The van der Waals surface area contributed by atoms with E-state index in [1.807, 2.05) is 42.9 Å². The van der Waals surface area contributed by atoms with E-state index in [2.05, 4.69) is 15.1 Å². The second kappa shape index (κ2) is 7.31. The van der Waals surface area contributed by atoms with Crippen molar-refractivity contribution in [3.63, 3.8) is 0 Å². The van der Waals surface area contributed by atoms with Crippen LogP contribution in [0.5, 0.6) is 0 Å². The van der Waals surface area contributed by atoms with Crippen molar-refractivity contribution in [2.75, 3.05) is 26.8 Å². The zero-order valence-corrected chi connectivity index (χ0v) is 15.3. The first-order valence-electron chi connectivity index (χ1n) is 8.60. The molecule has 1 atom stereocenters. The van der Waals surface area contributed by atoms with Gasteiger partial charge in [0.05, 0.1) is 23.3 Å². The van der Waals surface area contributed by atoms with Crippen LogP contribution in [0.1, 0.15) is 35.8 Å². The molecule has 0 saturated carbocycles. The number of nitrogens with zero attached hydrogens (tertiary/aromatic N) is 5. The topological polar surface area (TPSA) is 73.1 Å². The molecule has 2 aromatic heterocycles. The van der Waals surface area contributed by atoms with E-state index in [1.54, 1.807) is 7.11 Å². The van der Waals surface area contributed by atoms with Crippen LogP contribution in [0.3, 0.4) is 0 Å². The zero-order valence-electron chi connectivity index (χ0n) is 15.3. The number of ether oxygens (including phenoxy) is 1. The van der Waals surface area contributed by atoms with Crippen molar-refractivity contribution in [3.05, 3.63) is 29.5 Å². The van der Waals surface area contributed by atoms with Crippen LogP contribution in [0, 0.1) is 13.8 Å². The maximum atomic E-state index is 12.0. The summed E-state index contributed by atoms with van der Waals surface area (Å²) in [6, 6.07) is 0. The highest BCUT2D eigenvalue weighted by Crippen LogP contribution is 2.28. The molecule has 2 aromatic rings. The van der Waals surface area contributed by atoms with Gasteiger partial charge in [-0.3, -0.25) is 19.4 Å². The van der Waals surface area contributed by atoms with Gasteiger partial charge in [-0.05, 0) is 26.7 Å². The summed E-state index contributed by atoms with van der Waals surface area (Å²) in [5.41, 5.74) is 4.86. The Morgan fingerprint density at radius 2 is 2.12 bits per heavy atom. The Morgan fingerprint density at radius 3 is 2.72 bits per heavy atom. The van der Waals surface area contributed by atoms with Crippen molar-refractivity contribution < 1.29 is 9.53 Å². The average molecular weight is 343 g/mol. The third kappa shape index (κ3) is 3.56. The van der Waals surface area contributed by atoms with Gasteiger partial charge in [0.25, 0.3) is 0 Å². The SMILES string of the molecule is COCC(=O)N1CCC[C@H](c2cnc(-c3c(C)nn(C)c3C)cn2)C1. The van der Waals surface area contributed by atoms with Gasteiger partial charge < -0.3 is 9.64 Å². The predicted molar refractivity (Wildman–Crippen MR) is 94.1 cm³/mol. The Kier molecular flexibility index (Phi) is 5.13. The lowest BCUT2D eigenvalue weighted by atomic mass is 9.95. The quantitative estimate of drug-likeness (QED) is 0.847. The molecule has 1 aliphatic heterocycles. The molecule has 25 heavy (non-hydrogen) atoms. The van der Waals surface area contributed by atoms with E-state index < -0.39 is 0 Å². The standard InChI is InChI=1S/C18H25N5O2/c1-12-18(13(2)22(3)21-12)16-9-19-15(8-20-16)14-6-5-7-23(10-14)17(24)11-25-4/h8-9,14H,5-7,10-11H2,1-4H3/t14-/m0/s1. The third-order valence-electron chi connectivity index (χ3n) is 4.90. The first kappa shape index (κ1) is 17.5. The summed E-state index contributed by atoms with van der Waals surface area (Å²) in [6.07, 6.45) is 5.67. The van der Waals surface area contributed by atoms with E-state index in [0.29, 0.717) is 6.54 Å². The van der Waals surface area contributed by atoms with Gasteiger partial charge in [-0.15, -0.1) is 0 Å². The fourth-order valence-corrected chi connectivity index (χ4v) is 3.48. The first-order chi connectivity index (χ1) is 12.0. The molecule has 0 aromatic carbocycles. The molecule has 0 bridgehead atoms. The van der Waals surface area contributed by atoms with E-state index >= 15 is 0 Å². The molecule has 1 amide bonds. The van der Waals surface area contributed by atoms with Gasteiger partial charge in [0.2, 0.25) is 5.91 Å². The van der Waals surface area contributed by atoms with Crippen molar-refractivity contribution in [3.8, 4) is 11.3 Å². The molecule has 7 heteroatoms. The summed E-state index contributed by atoms with van der Waals surface area (Å²) in [6.45, 7) is 5.63. The van der Waals surface area contributed by atoms with Crippen LogP contribution in [0.2, 0.25) is 0 Å². The molecule has 0 unspecified atom stereocenters.